The molecule has 0 fully saturated rings. The number of thiocarbonyl (C=S) groups is 1. The van der Waals surface area contributed by atoms with Gasteiger partial charge in [0.1, 0.15) is 11.5 Å². The first kappa shape index (κ1) is 20.9. The Hall–Kier alpha value is -3.38. The van der Waals surface area contributed by atoms with Gasteiger partial charge in [-0.3, -0.25) is 0 Å². The Morgan fingerprint density at radius 2 is 1.81 bits per heavy atom. The van der Waals surface area contributed by atoms with Crippen LogP contribution >= 0.6 is 12.2 Å². The number of hydrogen-bond donors (Lipinski definition) is 1. The van der Waals surface area contributed by atoms with E-state index in [2.05, 4.69) is 68.3 Å². The summed E-state index contributed by atoms with van der Waals surface area (Å²) in [6, 6.07) is 22.7. The first-order chi connectivity index (χ1) is 15.2. The number of imidazole rings is 1. The molecule has 0 aliphatic carbocycles. The molecule has 31 heavy (non-hydrogen) atoms. The zero-order valence-corrected chi connectivity index (χ0v) is 18.4. The molecule has 0 aliphatic rings. The predicted molar refractivity (Wildman–Crippen MR) is 129 cm³/mol. The fourth-order valence-corrected chi connectivity index (χ4v) is 3.73. The minimum Gasteiger partial charge on any atom is -0.464 e. The van der Waals surface area contributed by atoms with Gasteiger partial charge in [-0.1, -0.05) is 42.5 Å². The number of hydrogen-bond acceptors (Lipinski definition) is 3. The maximum absolute atomic E-state index is 5.79. The van der Waals surface area contributed by atoms with Gasteiger partial charge >= 0.3 is 0 Å². The van der Waals surface area contributed by atoms with Crippen LogP contribution in [0.1, 0.15) is 17.9 Å². The average molecular weight is 431 g/mol. The highest BCUT2D eigenvalue weighted by atomic mass is 32.1. The lowest BCUT2D eigenvalue weighted by molar-refractivity contribution is 0.348. The van der Waals surface area contributed by atoms with Crippen LogP contribution in [-0.4, -0.2) is 26.1 Å². The van der Waals surface area contributed by atoms with E-state index in [0.717, 1.165) is 36.7 Å². The summed E-state index contributed by atoms with van der Waals surface area (Å²) in [5, 5.41) is 4.08. The fourth-order valence-electron chi connectivity index (χ4n) is 3.45. The Labute approximate surface area is 188 Å². The number of aryl methyl sites for hydroxylation is 2. The van der Waals surface area contributed by atoms with Crippen molar-refractivity contribution in [3.05, 3.63) is 97.0 Å². The lowest BCUT2D eigenvalue weighted by Gasteiger charge is -2.25. The standard InChI is InChI=1S/C25H26N4OS/c1-20-8-13-24(30-20)18-29(16-5-15-28-17-14-26-19-28)25(31)27-23-11-9-22(10-12-23)21-6-3-2-4-7-21/h2-4,6-14,17,19H,5,15-16,18H2,1H3,(H,27,31). The van der Waals surface area contributed by atoms with Crippen molar-refractivity contribution in [2.24, 2.45) is 0 Å². The maximum atomic E-state index is 5.79. The van der Waals surface area contributed by atoms with E-state index in [1.54, 1.807) is 6.20 Å². The molecule has 4 rings (SSSR count). The predicted octanol–water partition coefficient (Wildman–Crippen LogP) is 5.74. The molecule has 1 N–H and O–H groups in total. The Morgan fingerprint density at radius 1 is 1.03 bits per heavy atom. The largest absolute Gasteiger partial charge is 0.464 e. The number of furan rings is 1. The zero-order valence-electron chi connectivity index (χ0n) is 17.6. The Bertz CT molecular complexity index is 1090. The number of rotatable bonds is 8. The quantitative estimate of drug-likeness (QED) is 0.361. The second kappa shape index (κ2) is 10.1. The van der Waals surface area contributed by atoms with E-state index < -0.39 is 0 Å². The summed E-state index contributed by atoms with van der Waals surface area (Å²) in [4.78, 5) is 6.26. The van der Waals surface area contributed by atoms with Crippen LogP contribution in [0.3, 0.4) is 0 Å². The maximum Gasteiger partial charge on any atom is 0.173 e. The van der Waals surface area contributed by atoms with Crippen molar-refractivity contribution in [1.82, 2.24) is 14.5 Å². The molecule has 0 aliphatic heterocycles. The molecule has 0 atom stereocenters. The van der Waals surface area contributed by atoms with Crippen molar-refractivity contribution in [1.29, 1.82) is 0 Å². The normalized spacial score (nSPS) is 10.7. The molecule has 2 aromatic carbocycles. The van der Waals surface area contributed by atoms with E-state index in [1.165, 1.54) is 11.1 Å². The second-order valence-electron chi connectivity index (χ2n) is 7.46. The van der Waals surface area contributed by atoms with Crippen LogP contribution in [0.2, 0.25) is 0 Å². The Balaban J connectivity index is 1.41. The highest BCUT2D eigenvalue weighted by Crippen LogP contribution is 2.21. The fraction of sp³-hybridized carbons (Fsp3) is 0.200. The van der Waals surface area contributed by atoms with Crippen LogP contribution in [0.25, 0.3) is 11.1 Å². The summed E-state index contributed by atoms with van der Waals surface area (Å²) in [5.74, 6) is 1.81. The molecule has 0 saturated carbocycles. The minimum atomic E-state index is 0.631. The second-order valence-corrected chi connectivity index (χ2v) is 7.85. The Morgan fingerprint density at radius 3 is 2.48 bits per heavy atom. The highest BCUT2D eigenvalue weighted by molar-refractivity contribution is 7.80. The van der Waals surface area contributed by atoms with Crippen LogP contribution in [0.5, 0.6) is 0 Å². The molecule has 6 heteroatoms. The van der Waals surface area contributed by atoms with Gasteiger partial charge in [-0.2, -0.15) is 0 Å². The molecule has 0 saturated heterocycles. The molecular weight excluding hydrogens is 404 g/mol. The van der Waals surface area contributed by atoms with E-state index in [0.29, 0.717) is 11.7 Å². The van der Waals surface area contributed by atoms with Gasteiger partial charge in [0.15, 0.2) is 5.11 Å². The third kappa shape index (κ3) is 5.83. The molecule has 5 nitrogen and oxygen atoms in total. The third-order valence-electron chi connectivity index (χ3n) is 5.08. The van der Waals surface area contributed by atoms with Gasteiger partial charge in [-0.15, -0.1) is 0 Å². The monoisotopic (exact) mass is 430 g/mol. The SMILES string of the molecule is Cc1ccc(CN(CCCn2ccnc2)C(=S)Nc2ccc(-c3ccccc3)cc2)o1. The smallest absolute Gasteiger partial charge is 0.173 e. The van der Waals surface area contributed by atoms with Crippen molar-refractivity contribution in [2.75, 3.05) is 11.9 Å². The van der Waals surface area contributed by atoms with Gasteiger partial charge in [0.25, 0.3) is 0 Å². The number of nitrogens with one attached hydrogen (secondary N) is 1. The van der Waals surface area contributed by atoms with Crippen molar-refractivity contribution in [3.8, 4) is 11.1 Å². The van der Waals surface area contributed by atoms with Gasteiger partial charge in [-0.25, -0.2) is 4.98 Å². The zero-order chi connectivity index (χ0) is 21.5. The summed E-state index contributed by atoms with van der Waals surface area (Å²) in [6.07, 6.45) is 6.57. The lowest BCUT2D eigenvalue weighted by Crippen LogP contribution is -2.35. The van der Waals surface area contributed by atoms with E-state index in [-0.39, 0.29) is 0 Å². The minimum absolute atomic E-state index is 0.631. The van der Waals surface area contributed by atoms with E-state index >= 15 is 0 Å². The summed E-state index contributed by atoms with van der Waals surface area (Å²) >= 11 is 5.76. The highest BCUT2D eigenvalue weighted by Gasteiger charge is 2.13. The third-order valence-corrected chi connectivity index (χ3v) is 5.44. The topological polar surface area (TPSA) is 46.2 Å². The van der Waals surface area contributed by atoms with E-state index in [1.807, 2.05) is 37.6 Å². The van der Waals surface area contributed by atoms with Crippen LogP contribution in [0, 0.1) is 6.92 Å². The van der Waals surface area contributed by atoms with Gasteiger partial charge in [0.05, 0.1) is 12.9 Å². The summed E-state index contributed by atoms with van der Waals surface area (Å²) in [5.41, 5.74) is 3.35. The molecule has 0 unspecified atom stereocenters. The van der Waals surface area contributed by atoms with Gasteiger partial charge < -0.3 is 19.2 Å². The molecule has 158 valence electrons. The summed E-state index contributed by atoms with van der Waals surface area (Å²) in [6.45, 7) is 4.29. The van der Waals surface area contributed by atoms with Crippen LogP contribution in [0.15, 0.2) is 89.9 Å². The summed E-state index contributed by atoms with van der Waals surface area (Å²) < 4.78 is 7.86. The van der Waals surface area contributed by atoms with E-state index in [4.69, 9.17) is 16.6 Å². The first-order valence-electron chi connectivity index (χ1n) is 10.4. The van der Waals surface area contributed by atoms with Gasteiger partial charge in [0, 0.05) is 31.2 Å². The molecule has 0 spiro atoms. The Kier molecular flexibility index (Phi) is 6.79. The number of nitrogens with zero attached hydrogens (tertiary/aromatic N) is 3. The van der Waals surface area contributed by atoms with Crippen LogP contribution in [0.4, 0.5) is 5.69 Å². The number of benzene rings is 2. The van der Waals surface area contributed by atoms with Gasteiger partial charge in [-0.05, 0) is 61.0 Å². The van der Waals surface area contributed by atoms with E-state index in [9.17, 15) is 0 Å². The molecule has 2 heterocycles. The number of anilines is 1. The van der Waals surface area contributed by atoms with Crippen molar-refractivity contribution >= 4 is 23.0 Å². The molecular formula is C25H26N4OS. The average Bonchev–Trinajstić information content (AvgIpc) is 3.46. The first-order valence-corrected chi connectivity index (χ1v) is 10.8. The van der Waals surface area contributed by atoms with Crippen molar-refractivity contribution in [2.45, 2.75) is 26.4 Å². The van der Waals surface area contributed by atoms with Crippen molar-refractivity contribution in [3.63, 3.8) is 0 Å². The van der Waals surface area contributed by atoms with Crippen LogP contribution < -0.4 is 5.32 Å². The van der Waals surface area contributed by atoms with Crippen molar-refractivity contribution < 1.29 is 4.42 Å². The molecule has 4 aromatic rings. The number of aromatic nitrogens is 2. The molecule has 0 radical (unpaired) electrons. The summed E-state index contributed by atoms with van der Waals surface area (Å²) in [7, 11) is 0. The molecule has 0 amide bonds. The molecule has 2 aromatic heterocycles. The molecule has 0 bridgehead atoms. The lowest BCUT2D eigenvalue weighted by atomic mass is 10.1. The van der Waals surface area contributed by atoms with Crippen LogP contribution in [-0.2, 0) is 13.1 Å². The van der Waals surface area contributed by atoms with Gasteiger partial charge in [0.2, 0.25) is 0 Å².